The van der Waals surface area contributed by atoms with Crippen molar-refractivity contribution in [1.29, 1.82) is 0 Å². The van der Waals surface area contributed by atoms with Crippen LogP contribution in [0.2, 0.25) is 0 Å². The van der Waals surface area contributed by atoms with E-state index in [0.29, 0.717) is 45.3 Å². The van der Waals surface area contributed by atoms with E-state index in [1.54, 1.807) is 4.90 Å². The van der Waals surface area contributed by atoms with Crippen LogP contribution in [0.3, 0.4) is 0 Å². The maximum absolute atomic E-state index is 12.4. The molecule has 0 aromatic heterocycles. The van der Waals surface area contributed by atoms with E-state index in [0.717, 1.165) is 12.0 Å². The topological polar surface area (TPSA) is 60.9 Å². The number of piperidine rings is 1. The first-order valence-electron chi connectivity index (χ1n) is 8.34. The van der Waals surface area contributed by atoms with Crippen molar-refractivity contribution in [2.45, 2.75) is 44.6 Å². The summed E-state index contributed by atoms with van der Waals surface area (Å²) in [6.07, 6.45) is 2.94. The highest BCUT2D eigenvalue weighted by Gasteiger charge is 2.37. The Labute approximate surface area is 136 Å². The molecule has 0 spiro atoms. The first kappa shape index (κ1) is 16.0. The molecule has 2 aliphatic rings. The number of aryl methyl sites for hydroxylation is 1. The molecular formula is C18H24N2O3. The third-order valence-electron chi connectivity index (χ3n) is 4.92. The lowest BCUT2D eigenvalue weighted by atomic mass is 9.85. The van der Waals surface area contributed by atoms with Crippen molar-refractivity contribution in [3.63, 3.8) is 0 Å². The van der Waals surface area contributed by atoms with Crippen molar-refractivity contribution in [3.8, 4) is 0 Å². The Morgan fingerprint density at radius 3 is 2.39 bits per heavy atom. The van der Waals surface area contributed by atoms with Gasteiger partial charge in [0.1, 0.15) is 0 Å². The minimum absolute atomic E-state index is 0.0736. The van der Waals surface area contributed by atoms with Gasteiger partial charge in [0.15, 0.2) is 0 Å². The molecule has 0 atom stereocenters. The Bertz CT molecular complexity index is 589. The summed E-state index contributed by atoms with van der Waals surface area (Å²) < 4.78 is 0. The van der Waals surface area contributed by atoms with E-state index in [1.165, 1.54) is 10.5 Å². The summed E-state index contributed by atoms with van der Waals surface area (Å²) in [5.41, 5.74) is 1.56. The SMILES string of the molecule is Cc1ccc(CC2(O)CCN(C(=O)N3CCCC3=O)CC2)cc1. The highest BCUT2D eigenvalue weighted by molar-refractivity contribution is 5.95. The van der Waals surface area contributed by atoms with Crippen molar-refractivity contribution in [2.75, 3.05) is 19.6 Å². The van der Waals surface area contributed by atoms with Crippen LogP contribution in [0.25, 0.3) is 0 Å². The molecule has 0 radical (unpaired) electrons. The molecule has 124 valence electrons. The van der Waals surface area contributed by atoms with Crippen LogP contribution in [0, 0.1) is 6.92 Å². The van der Waals surface area contributed by atoms with E-state index in [1.807, 2.05) is 19.1 Å². The van der Waals surface area contributed by atoms with Gasteiger partial charge in [-0.1, -0.05) is 29.8 Å². The minimum atomic E-state index is -0.763. The molecule has 1 N–H and O–H groups in total. The molecule has 5 heteroatoms. The number of amides is 3. The van der Waals surface area contributed by atoms with Gasteiger partial charge in [-0.3, -0.25) is 9.69 Å². The van der Waals surface area contributed by atoms with Gasteiger partial charge in [-0.2, -0.15) is 0 Å². The third-order valence-corrected chi connectivity index (χ3v) is 4.92. The monoisotopic (exact) mass is 316 g/mol. The first-order valence-corrected chi connectivity index (χ1v) is 8.34. The minimum Gasteiger partial charge on any atom is -0.389 e. The van der Waals surface area contributed by atoms with Gasteiger partial charge < -0.3 is 10.0 Å². The Balaban J connectivity index is 1.57. The van der Waals surface area contributed by atoms with E-state index in [2.05, 4.69) is 12.1 Å². The van der Waals surface area contributed by atoms with Crippen molar-refractivity contribution in [3.05, 3.63) is 35.4 Å². The number of hydrogen-bond donors (Lipinski definition) is 1. The summed E-state index contributed by atoms with van der Waals surface area (Å²) in [5, 5.41) is 10.8. The zero-order chi connectivity index (χ0) is 16.4. The van der Waals surface area contributed by atoms with Crippen LogP contribution in [-0.4, -0.2) is 52.1 Å². The second kappa shape index (κ2) is 6.32. The lowest BCUT2D eigenvalue weighted by Gasteiger charge is -2.39. The molecule has 5 nitrogen and oxygen atoms in total. The molecule has 2 fully saturated rings. The van der Waals surface area contributed by atoms with Gasteiger partial charge in [-0.05, 0) is 31.7 Å². The third kappa shape index (κ3) is 3.55. The Morgan fingerprint density at radius 1 is 1.17 bits per heavy atom. The Morgan fingerprint density at radius 2 is 1.83 bits per heavy atom. The number of carbonyl (C=O) groups excluding carboxylic acids is 2. The maximum atomic E-state index is 12.4. The normalized spacial score (nSPS) is 20.9. The molecule has 0 saturated carbocycles. The van der Waals surface area contributed by atoms with E-state index in [4.69, 9.17) is 0 Å². The van der Waals surface area contributed by atoms with Gasteiger partial charge in [-0.15, -0.1) is 0 Å². The largest absolute Gasteiger partial charge is 0.389 e. The Hall–Kier alpha value is -1.88. The number of nitrogens with zero attached hydrogens (tertiary/aromatic N) is 2. The first-order chi connectivity index (χ1) is 11.0. The highest BCUT2D eigenvalue weighted by Crippen LogP contribution is 2.27. The van der Waals surface area contributed by atoms with Crippen LogP contribution in [0.5, 0.6) is 0 Å². The average molecular weight is 316 g/mol. The molecule has 0 unspecified atom stereocenters. The predicted molar refractivity (Wildman–Crippen MR) is 87.0 cm³/mol. The Kier molecular flexibility index (Phi) is 4.39. The number of aliphatic hydroxyl groups is 1. The van der Waals surface area contributed by atoms with Crippen LogP contribution < -0.4 is 0 Å². The fraction of sp³-hybridized carbons (Fsp3) is 0.556. The lowest BCUT2D eigenvalue weighted by molar-refractivity contribution is -0.125. The van der Waals surface area contributed by atoms with Crippen molar-refractivity contribution in [1.82, 2.24) is 9.80 Å². The van der Waals surface area contributed by atoms with E-state index >= 15 is 0 Å². The summed E-state index contributed by atoms with van der Waals surface area (Å²) in [6, 6.07) is 8.01. The van der Waals surface area contributed by atoms with Gasteiger partial charge >= 0.3 is 6.03 Å². The standard InChI is InChI=1S/C18H24N2O3/c1-14-4-6-15(7-5-14)13-18(23)8-11-19(12-9-18)17(22)20-10-2-3-16(20)21/h4-7,23H,2-3,8-13H2,1H3. The van der Waals surface area contributed by atoms with Gasteiger partial charge in [0.05, 0.1) is 5.60 Å². The van der Waals surface area contributed by atoms with Crippen molar-refractivity contribution >= 4 is 11.9 Å². The number of rotatable bonds is 2. The predicted octanol–water partition coefficient (Wildman–Crippen LogP) is 2.11. The summed E-state index contributed by atoms with van der Waals surface area (Å²) in [7, 11) is 0. The number of hydrogen-bond acceptors (Lipinski definition) is 3. The highest BCUT2D eigenvalue weighted by atomic mass is 16.3. The van der Waals surface area contributed by atoms with Gasteiger partial charge in [0, 0.05) is 32.5 Å². The van der Waals surface area contributed by atoms with E-state index < -0.39 is 5.60 Å². The quantitative estimate of drug-likeness (QED) is 0.909. The molecule has 1 aromatic carbocycles. The van der Waals surface area contributed by atoms with Gasteiger partial charge in [0.25, 0.3) is 0 Å². The summed E-state index contributed by atoms with van der Waals surface area (Å²) in [4.78, 5) is 27.1. The van der Waals surface area contributed by atoms with Crippen LogP contribution in [0.15, 0.2) is 24.3 Å². The van der Waals surface area contributed by atoms with E-state index in [9.17, 15) is 14.7 Å². The average Bonchev–Trinajstić information content (AvgIpc) is 2.96. The molecule has 0 aliphatic carbocycles. The number of likely N-dealkylation sites (tertiary alicyclic amines) is 2. The van der Waals surface area contributed by atoms with Crippen LogP contribution in [0.1, 0.15) is 36.8 Å². The summed E-state index contributed by atoms with van der Waals surface area (Å²) in [5.74, 6) is -0.0736. The summed E-state index contributed by atoms with van der Waals surface area (Å²) >= 11 is 0. The molecule has 3 rings (SSSR count). The molecule has 2 saturated heterocycles. The van der Waals surface area contributed by atoms with Crippen molar-refractivity contribution < 1.29 is 14.7 Å². The van der Waals surface area contributed by atoms with Crippen molar-refractivity contribution in [2.24, 2.45) is 0 Å². The zero-order valence-corrected chi connectivity index (χ0v) is 13.6. The van der Waals surface area contributed by atoms with Crippen LogP contribution in [0.4, 0.5) is 4.79 Å². The number of carbonyl (C=O) groups is 2. The fourth-order valence-corrected chi connectivity index (χ4v) is 3.40. The smallest absolute Gasteiger partial charge is 0.326 e. The van der Waals surface area contributed by atoms with E-state index in [-0.39, 0.29) is 11.9 Å². The number of imide groups is 1. The molecule has 2 heterocycles. The van der Waals surface area contributed by atoms with Gasteiger partial charge in [-0.25, -0.2) is 4.79 Å². The van der Waals surface area contributed by atoms with Gasteiger partial charge in [0.2, 0.25) is 5.91 Å². The lowest BCUT2D eigenvalue weighted by Crippen LogP contribution is -2.52. The second-order valence-electron chi connectivity index (χ2n) is 6.81. The molecule has 1 aromatic rings. The summed E-state index contributed by atoms with van der Waals surface area (Å²) in [6.45, 7) is 3.58. The molecular weight excluding hydrogens is 292 g/mol. The maximum Gasteiger partial charge on any atom is 0.326 e. The molecule has 0 bridgehead atoms. The molecule has 2 aliphatic heterocycles. The zero-order valence-electron chi connectivity index (χ0n) is 13.6. The number of benzene rings is 1. The number of urea groups is 1. The molecule has 3 amide bonds. The molecule has 23 heavy (non-hydrogen) atoms. The second-order valence-corrected chi connectivity index (χ2v) is 6.81. The van der Waals surface area contributed by atoms with Crippen LogP contribution >= 0.6 is 0 Å². The fourth-order valence-electron chi connectivity index (χ4n) is 3.40. The van der Waals surface area contributed by atoms with Crippen LogP contribution in [-0.2, 0) is 11.2 Å².